The molecule has 2 heterocycles. The summed E-state index contributed by atoms with van der Waals surface area (Å²) in [7, 11) is 2.06. The third kappa shape index (κ3) is 3.56. The number of hydrogen-bond donors (Lipinski definition) is 1. The molecule has 2 rings (SSSR count). The number of pyridine rings is 1. The van der Waals surface area contributed by atoms with Crippen molar-refractivity contribution in [2.24, 2.45) is 0 Å². The van der Waals surface area contributed by atoms with Gasteiger partial charge in [0.15, 0.2) is 0 Å². The minimum Gasteiger partial charge on any atom is -0.395 e. The largest absolute Gasteiger partial charge is 0.395 e. The van der Waals surface area contributed by atoms with Gasteiger partial charge in [-0.05, 0) is 13.1 Å². The molecule has 0 atom stereocenters. The fourth-order valence-corrected chi connectivity index (χ4v) is 2.07. The van der Waals surface area contributed by atoms with E-state index in [0.717, 1.165) is 26.2 Å². The lowest BCUT2D eigenvalue weighted by Gasteiger charge is -2.32. The fraction of sp³-hybridized carbons (Fsp3) is 0.467. The van der Waals surface area contributed by atoms with Crippen molar-refractivity contribution in [3.05, 3.63) is 29.6 Å². The summed E-state index contributed by atoms with van der Waals surface area (Å²) < 4.78 is 0. The van der Waals surface area contributed by atoms with Gasteiger partial charge in [0.05, 0.1) is 17.7 Å². The maximum absolute atomic E-state index is 12.5. The summed E-state index contributed by atoms with van der Waals surface area (Å²) >= 11 is 0. The number of carbonyl (C=O) groups is 1. The second kappa shape index (κ2) is 7.04. The van der Waals surface area contributed by atoms with Crippen LogP contribution >= 0.6 is 0 Å². The Labute approximate surface area is 119 Å². The normalized spacial score (nSPS) is 15.6. The summed E-state index contributed by atoms with van der Waals surface area (Å²) in [6.07, 6.45) is 3.62. The fourth-order valence-electron chi connectivity index (χ4n) is 2.07. The maximum atomic E-state index is 12.5. The van der Waals surface area contributed by atoms with E-state index in [4.69, 9.17) is 5.11 Å². The van der Waals surface area contributed by atoms with Crippen molar-refractivity contribution in [2.45, 2.75) is 6.42 Å². The van der Waals surface area contributed by atoms with Crippen LogP contribution in [-0.2, 0) is 0 Å². The van der Waals surface area contributed by atoms with E-state index in [0.29, 0.717) is 17.5 Å². The Bertz CT molecular complexity index is 525. The van der Waals surface area contributed by atoms with Gasteiger partial charge in [-0.2, -0.15) is 0 Å². The van der Waals surface area contributed by atoms with Crippen LogP contribution in [0, 0.1) is 11.8 Å². The summed E-state index contributed by atoms with van der Waals surface area (Å²) in [6, 6.07) is 1.71. The molecular formula is C15H19N3O2. The average molecular weight is 273 g/mol. The van der Waals surface area contributed by atoms with Crippen molar-refractivity contribution in [2.75, 3.05) is 39.8 Å². The van der Waals surface area contributed by atoms with Crippen LogP contribution in [0.5, 0.6) is 0 Å². The van der Waals surface area contributed by atoms with Gasteiger partial charge in [0.25, 0.3) is 5.91 Å². The molecule has 1 aromatic heterocycles. The molecular weight excluding hydrogens is 254 g/mol. The highest BCUT2D eigenvalue weighted by molar-refractivity contribution is 5.96. The number of carbonyl (C=O) groups excluding carboxylic acids is 1. The van der Waals surface area contributed by atoms with Crippen LogP contribution in [0.15, 0.2) is 18.5 Å². The molecule has 20 heavy (non-hydrogen) atoms. The monoisotopic (exact) mass is 273 g/mol. The molecule has 5 heteroatoms. The summed E-state index contributed by atoms with van der Waals surface area (Å²) in [6.45, 7) is 3.28. The molecule has 1 aliphatic rings. The first-order chi connectivity index (χ1) is 9.72. The van der Waals surface area contributed by atoms with E-state index >= 15 is 0 Å². The van der Waals surface area contributed by atoms with Gasteiger partial charge in [-0.3, -0.25) is 9.78 Å². The summed E-state index contributed by atoms with van der Waals surface area (Å²) in [5, 5.41) is 8.75. The number of aliphatic hydroxyl groups is 1. The minimum absolute atomic E-state index is 0.00815. The molecule has 1 N–H and O–H groups in total. The van der Waals surface area contributed by atoms with Crippen LogP contribution < -0.4 is 0 Å². The van der Waals surface area contributed by atoms with E-state index < -0.39 is 0 Å². The molecule has 1 aliphatic heterocycles. The minimum atomic E-state index is 0.00815. The van der Waals surface area contributed by atoms with Gasteiger partial charge in [0.1, 0.15) is 0 Å². The molecule has 0 aromatic carbocycles. The third-order valence-corrected chi connectivity index (χ3v) is 3.30. The average Bonchev–Trinajstić information content (AvgIpc) is 2.48. The molecule has 1 amide bonds. The predicted octanol–water partition coefficient (Wildman–Crippen LogP) is 0.203. The second-order valence-corrected chi connectivity index (χ2v) is 4.79. The molecule has 106 valence electrons. The molecule has 0 unspecified atom stereocenters. The molecule has 0 spiro atoms. The number of nitrogens with zero attached hydrogens (tertiary/aromatic N) is 3. The Hall–Kier alpha value is -1.90. The Balaban J connectivity index is 2.16. The molecule has 0 radical (unpaired) electrons. The van der Waals surface area contributed by atoms with E-state index in [1.807, 2.05) is 4.90 Å². The molecule has 1 fully saturated rings. The molecule has 0 bridgehead atoms. The number of hydrogen-bond acceptors (Lipinski definition) is 4. The highest BCUT2D eigenvalue weighted by Crippen LogP contribution is 2.11. The first kappa shape index (κ1) is 14.5. The number of piperazine rings is 1. The molecule has 0 aliphatic carbocycles. The van der Waals surface area contributed by atoms with Gasteiger partial charge in [-0.15, -0.1) is 0 Å². The van der Waals surface area contributed by atoms with Gasteiger partial charge >= 0.3 is 0 Å². The van der Waals surface area contributed by atoms with Crippen LogP contribution in [0.1, 0.15) is 22.3 Å². The van der Waals surface area contributed by atoms with E-state index in [1.54, 1.807) is 18.5 Å². The van der Waals surface area contributed by atoms with Crippen LogP contribution in [0.3, 0.4) is 0 Å². The van der Waals surface area contributed by atoms with E-state index in [1.165, 1.54) is 0 Å². The van der Waals surface area contributed by atoms with Gasteiger partial charge in [0, 0.05) is 45.0 Å². The number of aromatic nitrogens is 1. The lowest BCUT2D eigenvalue weighted by atomic mass is 10.1. The molecule has 1 aromatic rings. The number of likely N-dealkylation sites (N-methyl/N-ethyl adjacent to an activating group) is 1. The zero-order valence-corrected chi connectivity index (χ0v) is 11.7. The van der Waals surface area contributed by atoms with Gasteiger partial charge in [0.2, 0.25) is 0 Å². The van der Waals surface area contributed by atoms with E-state index in [9.17, 15) is 4.79 Å². The number of aliphatic hydroxyl groups excluding tert-OH is 1. The smallest absolute Gasteiger partial charge is 0.255 e. The summed E-state index contributed by atoms with van der Waals surface area (Å²) in [5.74, 6) is 5.76. The van der Waals surface area contributed by atoms with Crippen LogP contribution in [0.4, 0.5) is 0 Å². The summed E-state index contributed by atoms with van der Waals surface area (Å²) in [4.78, 5) is 20.6. The molecule has 0 saturated carbocycles. The zero-order chi connectivity index (χ0) is 14.4. The maximum Gasteiger partial charge on any atom is 0.255 e. The Morgan fingerprint density at radius 2 is 2.15 bits per heavy atom. The SMILES string of the molecule is CN1CCN(C(=O)c2ccncc2C#CCCO)CC1. The Morgan fingerprint density at radius 3 is 2.85 bits per heavy atom. The van der Waals surface area contributed by atoms with E-state index in [-0.39, 0.29) is 12.5 Å². The lowest BCUT2D eigenvalue weighted by Crippen LogP contribution is -2.47. The van der Waals surface area contributed by atoms with Crippen molar-refractivity contribution in [1.29, 1.82) is 0 Å². The first-order valence-electron chi connectivity index (χ1n) is 6.74. The Kier molecular flexibility index (Phi) is 5.10. The quantitative estimate of drug-likeness (QED) is 0.782. The third-order valence-electron chi connectivity index (χ3n) is 3.30. The molecule has 1 saturated heterocycles. The summed E-state index contributed by atoms with van der Waals surface area (Å²) in [5.41, 5.74) is 1.22. The van der Waals surface area contributed by atoms with Gasteiger partial charge < -0.3 is 14.9 Å². The van der Waals surface area contributed by atoms with Crippen molar-refractivity contribution < 1.29 is 9.90 Å². The molecule has 5 nitrogen and oxygen atoms in total. The zero-order valence-electron chi connectivity index (χ0n) is 11.7. The highest BCUT2D eigenvalue weighted by Gasteiger charge is 2.21. The predicted molar refractivity (Wildman–Crippen MR) is 76.2 cm³/mol. The van der Waals surface area contributed by atoms with Crippen molar-refractivity contribution in [1.82, 2.24) is 14.8 Å². The van der Waals surface area contributed by atoms with Crippen molar-refractivity contribution in [3.8, 4) is 11.8 Å². The van der Waals surface area contributed by atoms with Crippen molar-refractivity contribution in [3.63, 3.8) is 0 Å². The van der Waals surface area contributed by atoms with Crippen LogP contribution in [-0.4, -0.2) is 65.6 Å². The van der Waals surface area contributed by atoms with Gasteiger partial charge in [-0.1, -0.05) is 11.8 Å². The lowest BCUT2D eigenvalue weighted by molar-refractivity contribution is 0.0663. The highest BCUT2D eigenvalue weighted by atomic mass is 16.2. The number of amides is 1. The van der Waals surface area contributed by atoms with Crippen LogP contribution in [0.2, 0.25) is 0 Å². The standard InChI is InChI=1S/C15H19N3O2/c1-17-7-9-18(10-8-17)15(20)14-5-6-16-12-13(14)4-2-3-11-19/h5-6,12,19H,3,7-11H2,1H3. The van der Waals surface area contributed by atoms with Crippen molar-refractivity contribution >= 4 is 5.91 Å². The second-order valence-electron chi connectivity index (χ2n) is 4.79. The topological polar surface area (TPSA) is 56.7 Å². The van der Waals surface area contributed by atoms with Crippen LogP contribution in [0.25, 0.3) is 0 Å². The Morgan fingerprint density at radius 1 is 1.40 bits per heavy atom. The van der Waals surface area contributed by atoms with Gasteiger partial charge in [-0.25, -0.2) is 0 Å². The first-order valence-corrected chi connectivity index (χ1v) is 6.74. The van der Waals surface area contributed by atoms with E-state index in [2.05, 4.69) is 28.8 Å². The number of rotatable bonds is 2.